The summed E-state index contributed by atoms with van der Waals surface area (Å²) in [5.74, 6) is -0.413. The molecule has 0 amide bonds. The molecule has 7 heteroatoms. The van der Waals surface area contributed by atoms with Gasteiger partial charge in [-0.15, -0.1) is 0 Å². The Morgan fingerprint density at radius 1 is 0.923 bits per heavy atom. The molecule has 0 saturated carbocycles. The number of phenolic OH excluding ortho intramolecular Hbond substituents is 1. The Morgan fingerprint density at radius 2 is 1.54 bits per heavy atom. The average Bonchev–Trinajstić information content (AvgIpc) is 2.67. The lowest BCUT2D eigenvalue weighted by molar-refractivity contribution is -0.00229. The quantitative estimate of drug-likeness (QED) is 0.878. The van der Waals surface area contributed by atoms with Crippen LogP contribution in [0.2, 0.25) is 0 Å². The van der Waals surface area contributed by atoms with Crippen LogP contribution in [0.4, 0.5) is 0 Å². The van der Waals surface area contributed by atoms with Crippen LogP contribution in [-0.2, 0) is 4.74 Å². The van der Waals surface area contributed by atoms with Crippen molar-refractivity contribution in [2.24, 2.45) is 0 Å². The van der Waals surface area contributed by atoms with E-state index in [1.807, 2.05) is 30.3 Å². The van der Waals surface area contributed by atoms with Gasteiger partial charge in [0.1, 0.15) is 5.56 Å². The van der Waals surface area contributed by atoms with Crippen molar-refractivity contribution < 1.29 is 33.6 Å². The molecule has 1 aliphatic heterocycles. The zero-order chi connectivity index (χ0) is 18.8. The van der Waals surface area contributed by atoms with Gasteiger partial charge in [0.25, 0.3) is 0 Å². The zero-order valence-electron chi connectivity index (χ0n) is 14.9. The lowest BCUT2D eigenvalue weighted by Gasteiger charge is -2.33. The zero-order valence-corrected chi connectivity index (χ0v) is 14.9. The van der Waals surface area contributed by atoms with Gasteiger partial charge in [-0.1, -0.05) is 30.3 Å². The number of Topliss-reactive ketones (excluding diaryl/α,β-unsaturated/α-hetero) is 1. The largest absolute Gasteiger partial charge is 0.504 e. The molecule has 138 valence electrons. The van der Waals surface area contributed by atoms with Gasteiger partial charge in [-0.25, -0.2) is 0 Å². The van der Waals surface area contributed by atoms with Gasteiger partial charge < -0.3 is 28.8 Å². The minimum Gasteiger partial charge on any atom is -0.504 e. The number of carbonyl (C=O) groups is 1. The molecule has 0 saturated heterocycles. The Morgan fingerprint density at radius 3 is 2.08 bits per heavy atom. The molecule has 2 aromatic carbocycles. The topological polar surface area (TPSA) is 83.5 Å². The van der Waals surface area contributed by atoms with Crippen LogP contribution in [-0.4, -0.2) is 45.4 Å². The van der Waals surface area contributed by atoms with Gasteiger partial charge in [-0.05, 0) is 5.56 Å². The van der Waals surface area contributed by atoms with E-state index in [4.69, 9.17) is 23.7 Å². The third-order valence-corrected chi connectivity index (χ3v) is 4.32. The molecule has 1 aliphatic rings. The van der Waals surface area contributed by atoms with Crippen LogP contribution < -0.4 is 18.9 Å². The van der Waals surface area contributed by atoms with Crippen LogP contribution in [0, 0.1) is 0 Å². The van der Waals surface area contributed by atoms with Crippen LogP contribution in [0.5, 0.6) is 28.7 Å². The van der Waals surface area contributed by atoms with E-state index in [0.29, 0.717) is 0 Å². The molecule has 2 unspecified atom stereocenters. The summed E-state index contributed by atoms with van der Waals surface area (Å²) in [5.41, 5.74) is 0.702. The van der Waals surface area contributed by atoms with E-state index in [9.17, 15) is 9.90 Å². The standard InChI is InChI=1S/C19H20O7/c1-22-16-12(20)11-13(21)17(23-2)19(25-4)18(24-3)15(11)26-14(16)10-8-6-5-7-9-10/h5-9,14,16,21H,1-4H3. The first-order valence-corrected chi connectivity index (χ1v) is 7.92. The molecule has 2 atom stereocenters. The first kappa shape index (κ1) is 17.9. The van der Waals surface area contributed by atoms with Crippen molar-refractivity contribution in [2.75, 3.05) is 28.4 Å². The van der Waals surface area contributed by atoms with E-state index in [1.54, 1.807) is 0 Å². The molecule has 3 rings (SSSR count). The first-order chi connectivity index (χ1) is 12.6. The number of ether oxygens (including phenoxy) is 5. The van der Waals surface area contributed by atoms with E-state index in [-0.39, 0.29) is 34.3 Å². The summed E-state index contributed by atoms with van der Waals surface area (Å²) in [4.78, 5) is 13.1. The molecule has 2 aromatic rings. The molecular formula is C19H20O7. The summed E-state index contributed by atoms with van der Waals surface area (Å²) < 4.78 is 27.4. The highest BCUT2D eigenvalue weighted by Gasteiger charge is 2.44. The molecule has 26 heavy (non-hydrogen) atoms. The van der Waals surface area contributed by atoms with Crippen molar-refractivity contribution in [3.63, 3.8) is 0 Å². The monoisotopic (exact) mass is 360 g/mol. The van der Waals surface area contributed by atoms with Gasteiger partial charge in [-0.2, -0.15) is 0 Å². The molecular weight excluding hydrogens is 340 g/mol. The maximum absolute atomic E-state index is 13.1. The molecule has 0 radical (unpaired) electrons. The van der Waals surface area contributed by atoms with Crippen molar-refractivity contribution in [1.82, 2.24) is 0 Å². The Balaban J connectivity index is 2.26. The van der Waals surface area contributed by atoms with E-state index in [0.717, 1.165) is 5.56 Å². The van der Waals surface area contributed by atoms with E-state index in [1.165, 1.54) is 28.4 Å². The van der Waals surface area contributed by atoms with E-state index >= 15 is 0 Å². The predicted octanol–water partition coefficient (Wildman–Crippen LogP) is 2.75. The van der Waals surface area contributed by atoms with Crippen LogP contribution >= 0.6 is 0 Å². The number of ketones is 1. The van der Waals surface area contributed by atoms with E-state index < -0.39 is 18.0 Å². The second-order valence-corrected chi connectivity index (χ2v) is 5.62. The van der Waals surface area contributed by atoms with Gasteiger partial charge in [-0.3, -0.25) is 4.79 Å². The fraction of sp³-hybridized carbons (Fsp3) is 0.316. The Bertz CT molecular complexity index is 817. The Kier molecular flexibility index (Phi) is 4.90. The molecule has 0 aliphatic carbocycles. The van der Waals surface area contributed by atoms with E-state index in [2.05, 4.69) is 0 Å². The van der Waals surface area contributed by atoms with Crippen LogP contribution in [0.1, 0.15) is 22.0 Å². The number of phenols is 1. The number of benzene rings is 2. The number of aromatic hydroxyl groups is 1. The number of hydrogen-bond donors (Lipinski definition) is 1. The summed E-state index contributed by atoms with van der Waals surface area (Å²) in [6.07, 6.45) is -1.63. The maximum atomic E-state index is 13.1. The van der Waals surface area contributed by atoms with Crippen molar-refractivity contribution in [3.05, 3.63) is 41.5 Å². The smallest absolute Gasteiger partial charge is 0.211 e. The number of carbonyl (C=O) groups excluding carboxylic acids is 1. The van der Waals surface area contributed by atoms with Gasteiger partial charge >= 0.3 is 0 Å². The summed E-state index contributed by atoms with van der Waals surface area (Å²) in [5, 5.41) is 10.6. The molecule has 0 fully saturated rings. The molecule has 0 aromatic heterocycles. The van der Waals surface area contributed by atoms with Crippen molar-refractivity contribution in [2.45, 2.75) is 12.2 Å². The van der Waals surface area contributed by atoms with Crippen molar-refractivity contribution in [3.8, 4) is 28.7 Å². The third-order valence-electron chi connectivity index (χ3n) is 4.32. The lowest BCUT2D eigenvalue weighted by atomic mass is 9.92. The molecule has 0 spiro atoms. The van der Waals surface area contributed by atoms with Gasteiger partial charge in [0.2, 0.25) is 23.0 Å². The van der Waals surface area contributed by atoms with Gasteiger partial charge in [0, 0.05) is 7.11 Å². The first-order valence-electron chi connectivity index (χ1n) is 7.92. The van der Waals surface area contributed by atoms with Crippen LogP contribution in [0.3, 0.4) is 0 Å². The highest BCUT2D eigenvalue weighted by molar-refractivity contribution is 6.07. The van der Waals surface area contributed by atoms with Crippen LogP contribution in [0.25, 0.3) is 0 Å². The highest BCUT2D eigenvalue weighted by atomic mass is 16.6. The highest BCUT2D eigenvalue weighted by Crippen LogP contribution is 2.56. The lowest BCUT2D eigenvalue weighted by Crippen LogP contribution is -2.38. The molecule has 1 heterocycles. The third kappa shape index (κ3) is 2.61. The average molecular weight is 360 g/mol. The number of hydrogen-bond acceptors (Lipinski definition) is 7. The molecule has 7 nitrogen and oxygen atoms in total. The molecule has 1 N–H and O–H groups in total. The molecule has 0 bridgehead atoms. The SMILES string of the molecule is COc1c(O)c2c(c(OC)c1OC)OC(c1ccccc1)C(OC)C2=O. The number of methoxy groups -OCH3 is 4. The second-order valence-electron chi connectivity index (χ2n) is 5.62. The Hall–Kier alpha value is -2.93. The van der Waals surface area contributed by atoms with Gasteiger partial charge in [0.15, 0.2) is 23.7 Å². The van der Waals surface area contributed by atoms with Crippen LogP contribution in [0.15, 0.2) is 30.3 Å². The van der Waals surface area contributed by atoms with Gasteiger partial charge in [0.05, 0.1) is 21.3 Å². The summed E-state index contributed by atoms with van der Waals surface area (Å²) in [6, 6.07) is 9.22. The fourth-order valence-electron chi connectivity index (χ4n) is 3.13. The maximum Gasteiger partial charge on any atom is 0.211 e. The fourth-order valence-corrected chi connectivity index (χ4v) is 3.13. The second kappa shape index (κ2) is 7.13. The van der Waals surface area contributed by atoms with Crippen molar-refractivity contribution in [1.29, 1.82) is 0 Å². The minimum atomic E-state index is -0.932. The normalized spacial score (nSPS) is 18.7. The number of rotatable bonds is 5. The Labute approximate surface area is 151 Å². The summed E-state index contributed by atoms with van der Waals surface area (Å²) in [6.45, 7) is 0. The predicted molar refractivity (Wildman–Crippen MR) is 92.7 cm³/mol. The summed E-state index contributed by atoms with van der Waals surface area (Å²) in [7, 11) is 5.60. The van der Waals surface area contributed by atoms with Crippen molar-refractivity contribution >= 4 is 5.78 Å². The summed E-state index contributed by atoms with van der Waals surface area (Å²) >= 11 is 0. The minimum absolute atomic E-state index is 0.00642. The number of fused-ring (bicyclic) bond motifs is 1.